The summed E-state index contributed by atoms with van der Waals surface area (Å²) in [5.41, 5.74) is 2.49. The van der Waals surface area contributed by atoms with Crippen molar-refractivity contribution in [1.82, 2.24) is 19.4 Å². The molecule has 168 valence electrons. The number of aliphatic hydroxyl groups excluding tert-OH is 1. The third kappa shape index (κ3) is 5.30. The van der Waals surface area contributed by atoms with Crippen LogP contribution in [0.1, 0.15) is 12.5 Å². The van der Waals surface area contributed by atoms with Crippen LogP contribution in [0.3, 0.4) is 0 Å². The molecule has 1 aromatic rings. The van der Waals surface area contributed by atoms with Crippen LogP contribution >= 0.6 is 11.6 Å². The fourth-order valence-electron chi connectivity index (χ4n) is 4.23. The molecule has 4 rings (SSSR count). The highest BCUT2D eigenvalue weighted by molar-refractivity contribution is 7.88. The largest absolute Gasteiger partial charge is 0.379 e. The van der Waals surface area contributed by atoms with Crippen LogP contribution in [-0.2, 0) is 10.0 Å². The van der Waals surface area contributed by atoms with Crippen LogP contribution in [0.25, 0.3) is 0 Å². The van der Waals surface area contributed by atoms with Gasteiger partial charge in [0.05, 0.1) is 23.7 Å². The number of benzene rings is 1. The highest BCUT2D eigenvalue weighted by Crippen LogP contribution is 2.28. The third-order valence-corrected chi connectivity index (χ3v) is 6.66. The van der Waals surface area contributed by atoms with E-state index in [1.54, 1.807) is 13.0 Å². The number of fused-ring (bicyclic) bond motifs is 1. The molecule has 8 nitrogen and oxygen atoms in total. The van der Waals surface area contributed by atoms with Gasteiger partial charge in [0.2, 0.25) is 10.0 Å². The van der Waals surface area contributed by atoms with Gasteiger partial charge in [-0.2, -0.15) is 0 Å². The first-order valence-electron chi connectivity index (χ1n) is 10.3. The Labute approximate surface area is 188 Å². The summed E-state index contributed by atoms with van der Waals surface area (Å²) in [5, 5.41) is 10.5. The normalized spacial score (nSPS) is 25.7. The van der Waals surface area contributed by atoms with E-state index in [0.717, 1.165) is 50.3 Å². The number of hydrogen-bond acceptors (Lipinski definition) is 7. The summed E-state index contributed by atoms with van der Waals surface area (Å²) in [6.07, 6.45) is 6.04. The summed E-state index contributed by atoms with van der Waals surface area (Å²) < 4.78 is 26.0. The van der Waals surface area contributed by atoms with Crippen LogP contribution in [0.4, 0.5) is 0 Å². The van der Waals surface area contributed by atoms with Crippen molar-refractivity contribution in [3.8, 4) is 0 Å². The fraction of sp³-hybridized carbons (Fsp3) is 0.476. The van der Waals surface area contributed by atoms with Crippen molar-refractivity contribution in [3.63, 3.8) is 0 Å². The number of aliphatic imine (C=N–C) groups is 1. The van der Waals surface area contributed by atoms with Crippen LogP contribution < -0.4 is 4.72 Å². The quantitative estimate of drug-likeness (QED) is 0.653. The van der Waals surface area contributed by atoms with Gasteiger partial charge in [-0.15, -0.1) is 0 Å². The van der Waals surface area contributed by atoms with Crippen molar-refractivity contribution in [3.05, 3.63) is 58.9 Å². The predicted molar refractivity (Wildman–Crippen MR) is 122 cm³/mol. The lowest BCUT2D eigenvalue weighted by Crippen LogP contribution is -2.54. The summed E-state index contributed by atoms with van der Waals surface area (Å²) >= 11 is 6.08. The first kappa shape index (κ1) is 22.3. The Kier molecular flexibility index (Phi) is 6.41. The van der Waals surface area contributed by atoms with Gasteiger partial charge >= 0.3 is 0 Å². The average molecular weight is 466 g/mol. The highest BCUT2D eigenvalue weighted by Gasteiger charge is 2.37. The fourth-order valence-corrected chi connectivity index (χ4v) is 4.90. The van der Waals surface area contributed by atoms with Crippen molar-refractivity contribution >= 4 is 27.3 Å². The molecule has 3 unspecified atom stereocenters. The van der Waals surface area contributed by atoms with Gasteiger partial charge in [0.15, 0.2) is 0 Å². The zero-order chi connectivity index (χ0) is 22.2. The number of aliphatic hydroxyl groups is 1. The summed E-state index contributed by atoms with van der Waals surface area (Å²) in [4.78, 5) is 11.5. The van der Waals surface area contributed by atoms with Crippen LogP contribution in [0.15, 0.2) is 53.3 Å². The lowest BCUT2D eigenvalue weighted by Gasteiger charge is -2.39. The number of nitrogens with zero attached hydrogens (tertiary/aromatic N) is 4. The van der Waals surface area contributed by atoms with Gasteiger partial charge < -0.3 is 10.0 Å². The van der Waals surface area contributed by atoms with Gasteiger partial charge in [-0.1, -0.05) is 23.7 Å². The van der Waals surface area contributed by atoms with E-state index in [4.69, 9.17) is 16.6 Å². The molecule has 1 aromatic carbocycles. The average Bonchev–Trinajstić information content (AvgIpc) is 3.05. The monoisotopic (exact) mass is 465 g/mol. The molecule has 0 saturated carbocycles. The molecule has 10 heteroatoms. The molecule has 0 spiro atoms. The van der Waals surface area contributed by atoms with Crippen LogP contribution in [0, 0.1) is 0 Å². The minimum atomic E-state index is -3.37. The molecule has 0 aromatic heterocycles. The number of piperazine rings is 1. The van der Waals surface area contributed by atoms with Crippen molar-refractivity contribution < 1.29 is 13.5 Å². The molecule has 0 bridgehead atoms. The molecule has 3 aliphatic heterocycles. The van der Waals surface area contributed by atoms with E-state index >= 15 is 0 Å². The lowest BCUT2D eigenvalue weighted by atomic mass is 10.0. The number of allylic oxidation sites excluding steroid dienone is 1. The summed E-state index contributed by atoms with van der Waals surface area (Å²) in [6, 6.07) is 7.63. The Morgan fingerprint density at radius 1 is 1.23 bits per heavy atom. The zero-order valence-electron chi connectivity index (χ0n) is 17.6. The smallest absolute Gasteiger partial charge is 0.229 e. The topological polar surface area (TPSA) is 88.5 Å². The van der Waals surface area contributed by atoms with E-state index in [1.165, 1.54) is 0 Å². The van der Waals surface area contributed by atoms with Crippen LogP contribution in [0.2, 0.25) is 5.02 Å². The van der Waals surface area contributed by atoms with E-state index in [1.807, 2.05) is 36.5 Å². The second kappa shape index (κ2) is 8.91. The Bertz CT molecular complexity index is 998. The molecule has 3 heterocycles. The lowest BCUT2D eigenvalue weighted by molar-refractivity contribution is -0.0145. The maximum absolute atomic E-state index is 11.7. The second-order valence-corrected chi connectivity index (χ2v) is 10.4. The van der Waals surface area contributed by atoms with Crippen molar-refractivity contribution in [2.45, 2.75) is 25.4 Å². The van der Waals surface area contributed by atoms with Gasteiger partial charge in [-0.05, 0) is 36.8 Å². The Hall–Kier alpha value is -1.91. The molecule has 1 fully saturated rings. The van der Waals surface area contributed by atoms with Crippen molar-refractivity contribution in [2.24, 2.45) is 4.99 Å². The highest BCUT2D eigenvalue weighted by atomic mass is 35.5. The molecular weight excluding hydrogens is 438 g/mol. The Morgan fingerprint density at radius 3 is 2.52 bits per heavy atom. The molecule has 0 amide bonds. The number of hydrogen-bond donors (Lipinski definition) is 2. The SMILES string of the molecule is CC(O)N1CCN(CC2C(c3ccc(Cl)cc3)=NC3C=CC(NS(C)(=O)=O)=CN32)CC1. The van der Waals surface area contributed by atoms with Gasteiger partial charge in [-0.3, -0.25) is 19.5 Å². The van der Waals surface area contributed by atoms with Gasteiger partial charge in [0.25, 0.3) is 0 Å². The van der Waals surface area contributed by atoms with Gasteiger partial charge in [0.1, 0.15) is 12.4 Å². The number of halogens is 1. The first-order valence-corrected chi connectivity index (χ1v) is 12.6. The van der Waals surface area contributed by atoms with Gasteiger partial charge in [0, 0.05) is 43.9 Å². The maximum atomic E-state index is 11.7. The molecule has 3 aliphatic rings. The van der Waals surface area contributed by atoms with E-state index in [9.17, 15) is 13.5 Å². The molecular formula is C21H28ClN5O3S. The summed E-state index contributed by atoms with van der Waals surface area (Å²) in [7, 11) is -3.37. The van der Waals surface area contributed by atoms with Crippen LogP contribution in [-0.4, -0.2) is 91.4 Å². The second-order valence-electron chi connectivity index (χ2n) is 8.18. The third-order valence-electron chi connectivity index (χ3n) is 5.80. The molecule has 3 atom stereocenters. The van der Waals surface area contributed by atoms with Gasteiger partial charge in [-0.25, -0.2) is 8.42 Å². The predicted octanol–water partition coefficient (Wildman–Crippen LogP) is 1.06. The Morgan fingerprint density at radius 2 is 1.90 bits per heavy atom. The minimum absolute atomic E-state index is 0.0365. The first-order chi connectivity index (χ1) is 14.7. The summed E-state index contributed by atoms with van der Waals surface area (Å²) in [6.45, 7) is 5.85. The molecule has 2 N–H and O–H groups in total. The van der Waals surface area contributed by atoms with Crippen LogP contribution in [0.5, 0.6) is 0 Å². The molecule has 31 heavy (non-hydrogen) atoms. The molecule has 0 aliphatic carbocycles. The number of nitrogens with one attached hydrogen (secondary N) is 1. The van der Waals surface area contributed by atoms with E-state index < -0.39 is 16.3 Å². The number of sulfonamides is 1. The standard InChI is InChI=1S/C21H28ClN5O3S/c1-15(28)26-11-9-25(10-12-26)14-19-21(16-3-5-17(22)6-4-16)23-20-8-7-18(13-27(19)20)24-31(2,29)30/h3-8,13,15,19-20,24,28H,9-12,14H2,1-2H3. The Balaban J connectivity index is 1.58. The zero-order valence-corrected chi connectivity index (χ0v) is 19.2. The van der Waals surface area contributed by atoms with Crippen molar-refractivity contribution in [2.75, 3.05) is 39.0 Å². The van der Waals surface area contributed by atoms with E-state index in [2.05, 4.69) is 19.4 Å². The molecule has 0 radical (unpaired) electrons. The molecule has 1 saturated heterocycles. The van der Waals surface area contributed by atoms with E-state index in [-0.39, 0.29) is 12.2 Å². The number of rotatable bonds is 6. The minimum Gasteiger partial charge on any atom is -0.379 e. The summed E-state index contributed by atoms with van der Waals surface area (Å²) in [5.74, 6) is 0. The van der Waals surface area contributed by atoms with E-state index in [0.29, 0.717) is 10.7 Å². The maximum Gasteiger partial charge on any atom is 0.229 e. The van der Waals surface area contributed by atoms with Crippen molar-refractivity contribution in [1.29, 1.82) is 0 Å².